The van der Waals surface area contributed by atoms with Gasteiger partial charge in [-0.15, -0.1) is 0 Å². The average Bonchev–Trinajstić information content (AvgIpc) is 3.30. The van der Waals surface area contributed by atoms with Crippen molar-refractivity contribution in [2.45, 2.75) is 11.1 Å². The predicted octanol–water partition coefficient (Wildman–Crippen LogP) is 5.36. The van der Waals surface area contributed by atoms with E-state index in [1.165, 1.54) is 26.4 Å². The van der Waals surface area contributed by atoms with Crippen LogP contribution in [0.4, 0.5) is 10.8 Å². The second kappa shape index (κ2) is 6.09. The summed E-state index contributed by atoms with van der Waals surface area (Å²) < 4.78 is 8.98. The van der Waals surface area contributed by atoms with Crippen LogP contribution in [-0.4, -0.2) is 12.3 Å². The van der Waals surface area contributed by atoms with Gasteiger partial charge in [0.05, 0.1) is 17.5 Å². The van der Waals surface area contributed by atoms with Crippen LogP contribution < -0.4 is 14.2 Å². The number of thioether (sulfide) groups is 1. The first-order valence-corrected chi connectivity index (χ1v) is 10.7. The minimum atomic E-state index is 0.0145. The Bertz CT molecular complexity index is 1250. The minimum Gasteiger partial charge on any atom is -0.497 e. The molecule has 2 aliphatic rings. The van der Waals surface area contributed by atoms with E-state index < -0.39 is 0 Å². The summed E-state index contributed by atoms with van der Waals surface area (Å²) >= 11 is 3.49. The first-order chi connectivity index (χ1) is 13.8. The Labute approximate surface area is 170 Å². The van der Waals surface area contributed by atoms with E-state index in [9.17, 15) is 0 Å². The highest BCUT2D eigenvalue weighted by molar-refractivity contribution is 8.14. The van der Waals surface area contributed by atoms with E-state index in [0.29, 0.717) is 0 Å². The molecule has 4 nitrogen and oxygen atoms in total. The number of methoxy groups -OCH3 is 1. The molecule has 28 heavy (non-hydrogen) atoms. The summed E-state index contributed by atoms with van der Waals surface area (Å²) in [6.07, 6.45) is 0.0145. The number of fused-ring (bicyclic) bond motifs is 6. The average molecular weight is 403 g/mol. The lowest BCUT2D eigenvalue weighted by molar-refractivity contribution is -0.671. The number of para-hydroxylation sites is 2. The largest absolute Gasteiger partial charge is 0.497 e. The van der Waals surface area contributed by atoms with Gasteiger partial charge in [-0.2, -0.15) is 4.57 Å². The number of benzene rings is 3. The first kappa shape index (κ1) is 16.2. The molecule has 2 aliphatic heterocycles. The zero-order valence-corrected chi connectivity index (χ0v) is 16.7. The standard InChI is InChI=1S/C22H16N3OS2/c1-26-15-12-10-14(11-13-15)20-24-16-6-2-4-8-18(16)27-21(24)23-22-25(20)17-7-3-5-9-19(17)28-22/h2-13,20H,1H3/q+1. The second-order valence-electron chi connectivity index (χ2n) is 6.70. The lowest BCUT2D eigenvalue weighted by Gasteiger charge is -2.28. The molecule has 6 rings (SSSR count). The Morgan fingerprint density at radius 2 is 1.75 bits per heavy atom. The van der Waals surface area contributed by atoms with E-state index in [0.717, 1.165) is 16.0 Å². The van der Waals surface area contributed by atoms with Crippen LogP contribution >= 0.6 is 23.1 Å². The minimum absolute atomic E-state index is 0.0145. The van der Waals surface area contributed by atoms with Gasteiger partial charge in [0.25, 0.3) is 5.17 Å². The maximum absolute atomic E-state index is 5.38. The maximum atomic E-state index is 5.38. The number of hydrogen-bond donors (Lipinski definition) is 0. The van der Waals surface area contributed by atoms with Gasteiger partial charge < -0.3 is 4.74 Å². The van der Waals surface area contributed by atoms with Gasteiger partial charge in [0, 0.05) is 10.5 Å². The molecule has 4 aromatic rings. The third kappa shape index (κ3) is 2.25. The third-order valence-corrected chi connectivity index (χ3v) is 7.23. The Morgan fingerprint density at radius 3 is 2.61 bits per heavy atom. The summed E-state index contributed by atoms with van der Waals surface area (Å²) in [6, 6.07) is 25.4. The fourth-order valence-corrected chi connectivity index (χ4v) is 6.03. The van der Waals surface area contributed by atoms with Gasteiger partial charge in [-0.05, 0) is 76.6 Å². The van der Waals surface area contributed by atoms with Crippen molar-refractivity contribution in [3.63, 3.8) is 0 Å². The van der Waals surface area contributed by atoms with Crippen LogP contribution in [0.1, 0.15) is 11.7 Å². The molecular formula is C22H16N3OS2+. The van der Waals surface area contributed by atoms with Gasteiger partial charge in [-0.3, -0.25) is 4.90 Å². The number of thiazole rings is 1. The molecule has 0 saturated heterocycles. The summed E-state index contributed by atoms with van der Waals surface area (Å²) in [4.78, 5) is 8.64. The quantitative estimate of drug-likeness (QED) is 0.423. The van der Waals surface area contributed by atoms with Gasteiger partial charge in [-0.1, -0.05) is 24.3 Å². The van der Waals surface area contributed by atoms with Crippen LogP contribution in [0, 0.1) is 0 Å². The van der Waals surface area contributed by atoms with E-state index in [1.807, 2.05) is 12.1 Å². The number of amidine groups is 1. The number of ether oxygens (including phenoxy) is 1. The predicted molar refractivity (Wildman–Crippen MR) is 115 cm³/mol. The highest BCUT2D eigenvalue weighted by Gasteiger charge is 2.45. The van der Waals surface area contributed by atoms with Crippen LogP contribution in [0.3, 0.4) is 0 Å². The zero-order chi connectivity index (χ0) is 18.7. The number of aromatic nitrogens is 1. The molecule has 0 radical (unpaired) electrons. The smallest absolute Gasteiger partial charge is 0.388 e. The molecule has 6 heteroatoms. The summed E-state index contributed by atoms with van der Waals surface area (Å²) in [5.41, 5.74) is 3.63. The van der Waals surface area contributed by atoms with Crippen molar-refractivity contribution in [1.82, 2.24) is 0 Å². The van der Waals surface area contributed by atoms with Crippen molar-refractivity contribution in [2.75, 3.05) is 12.0 Å². The summed E-state index contributed by atoms with van der Waals surface area (Å²) in [5.74, 6) is 0.866. The number of aliphatic imine (C=N–C) groups is 1. The van der Waals surface area contributed by atoms with E-state index in [-0.39, 0.29) is 6.17 Å². The Kier molecular flexibility index (Phi) is 3.51. The highest BCUT2D eigenvalue weighted by Crippen LogP contribution is 2.48. The van der Waals surface area contributed by atoms with Gasteiger partial charge in [0.15, 0.2) is 0 Å². The van der Waals surface area contributed by atoms with Gasteiger partial charge >= 0.3 is 5.13 Å². The maximum Gasteiger partial charge on any atom is 0.388 e. The Hall–Kier alpha value is -2.83. The molecule has 3 aromatic carbocycles. The SMILES string of the molecule is COc1ccc(C2N3C(=Nc4sc5ccccc5[n+]42)Sc2ccccc23)cc1. The first-order valence-electron chi connectivity index (χ1n) is 9.05. The fraction of sp³-hybridized carbons (Fsp3) is 0.0909. The van der Waals surface area contributed by atoms with Crippen molar-refractivity contribution in [3.8, 4) is 5.75 Å². The van der Waals surface area contributed by atoms with Gasteiger partial charge in [-0.25, -0.2) is 0 Å². The lowest BCUT2D eigenvalue weighted by atomic mass is 10.1. The highest BCUT2D eigenvalue weighted by atomic mass is 32.2. The van der Waals surface area contributed by atoms with Crippen LogP contribution in [0.2, 0.25) is 0 Å². The summed E-state index contributed by atoms with van der Waals surface area (Å²) in [7, 11) is 1.70. The van der Waals surface area contributed by atoms with Gasteiger partial charge in [0.1, 0.15) is 11.3 Å². The van der Waals surface area contributed by atoms with E-state index in [2.05, 4.69) is 70.1 Å². The second-order valence-corrected chi connectivity index (χ2v) is 8.72. The molecule has 0 N–H and O–H groups in total. The van der Waals surface area contributed by atoms with Crippen LogP contribution in [0.15, 0.2) is 82.7 Å². The molecule has 0 aliphatic carbocycles. The van der Waals surface area contributed by atoms with Crippen molar-refractivity contribution in [1.29, 1.82) is 0 Å². The van der Waals surface area contributed by atoms with Crippen LogP contribution in [0.25, 0.3) is 10.2 Å². The molecule has 0 spiro atoms. The topological polar surface area (TPSA) is 28.7 Å². The summed E-state index contributed by atoms with van der Waals surface area (Å²) in [5, 5.41) is 2.07. The normalized spacial score (nSPS) is 17.1. The number of anilines is 1. The Morgan fingerprint density at radius 1 is 0.964 bits per heavy atom. The number of hydrogen-bond acceptors (Lipinski definition) is 5. The van der Waals surface area contributed by atoms with E-state index in [4.69, 9.17) is 9.73 Å². The molecule has 3 heterocycles. The molecular weight excluding hydrogens is 386 g/mol. The molecule has 1 atom stereocenters. The molecule has 0 fully saturated rings. The van der Waals surface area contributed by atoms with E-state index in [1.54, 1.807) is 30.2 Å². The lowest BCUT2D eigenvalue weighted by Crippen LogP contribution is -2.53. The van der Waals surface area contributed by atoms with Crippen molar-refractivity contribution in [2.24, 2.45) is 4.99 Å². The molecule has 0 amide bonds. The zero-order valence-electron chi connectivity index (χ0n) is 15.1. The van der Waals surface area contributed by atoms with E-state index >= 15 is 0 Å². The summed E-state index contributed by atoms with van der Waals surface area (Å²) in [6.45, 7) is 0. The van der Waals surface area contributed by atoms with Crippen LogP contribution in [-0.2, 0) is 0 Å². The Balaban J connectivity index is 1.63. The molecule has 0 saturated carbocycles. The molecule has 136 valence electrons. The van der Waals surface area contributed by atoms with Crippen molar-refractivity contribution in [3.05, 3.63) is 78.4 Å². The van der Waals surface area contributed by atoms with Gasteiger partial charge in [0.2, 0.25) is 6.17 Å². The van der Waals surface area contributed by atoms with Crippen molar-refractivity contribution < 1.29 is 9.30 Å². The fourth-order valence-electron chi connectivity index (χ4n) is 3.88. The third-order valence-electron chi connectivity index (χ3n) is 5.16. The monoisotopic (exact) mass is 402 g/mol. The number of nitrogens with zero attached hydrogens (tertiary/aromatic N) is 3. The number of rotatable bonds is 2. The molecule has 1 unspecified atom stereocenters. The molecule has 0 bridgehead atoms. The van der Waals surface area contributed by atoms with Crippen LogP contribution in [0.5, 0.6) is 5.75 Å². The van der Waals surface area contributed by atoms with Crippen molar-refractivity contribution >= 4 is 49.3 Å². The molecule has 1 aromatic heterocycles.